The number of nitrogens with two attached hydrogens (primary N) is 1. The van der Waals surface area contributed by atoms with Crippen LogP contribution in [0.2, 0.25) is 0 Å². The van der Waals surface area contributed by atoms with Crippen molar-refractivity contribution in [2.75, 3.05) is 14.1 Å². The van der Waals surface area contributed by atoms with E-state index in [-0.39, 0.29) is 11.6 Å². The van der Waals surface area contributed by atoms with Gasteiger partial charge in [0.1, 0.15) is 5.76 Å². The number of hydrogen-bond acceptors (Lipinski definition) is 3. The third-order valence-corrected chi connectivity index (χ3v) is 3.81. The zero-order valence-corrected chi connectivity index (χ0v) is 10.9. The molecular weight excluding hydrogens is 200 g/mol. The van der Waals surface area contributed by atoms with E-state index < -0.39 is 0 Å². The van der Waals surface area contributed by atoms with Crippen molar-refractivity contribution in [1.82, 2.24) is 4.90 Å². The van der Waals surface area contributed by atoms with Crippen LogP contribution in [0.3, 0.4) is 0 Å². The fraction of sp³-hybridized carbons (Fsp3) is 0.692. The van der Waals surface area contributed by atoms with Gasteiger partial charge in [0.25, 0.3) is 0 Å². The van der Waals surface area contributed by atoms with Crippen LogP contribution >= 0.6 is 0 Å². The van der Waals surface area contributed by atoms with Gasteiger partial charge in [0, 0.05) is 18.0 Å². The maximum Gasteiger partial charge on any atom is 0.105 e. The molecule has 0 aliphatic carbocycles. The van der Waals surface area contributed by atoms with Crippen LogP contribution in [0.5, 0.6) is 0 Å². The van der Waals surface area contributed by atoms with Gasteiger partial charge < -0.3 is 15.1 Å². The van der Waals surface area contributed by atoms with E-state index in [2.05, 4.69) is 32.8 Å². The van der Waals surface area contributed by atoms with Crippen molar-refractivity contribution in [2.24, 2.45) is 5.73 Å². The summed E-state index contributed by atoms with van der Waals surface area (Å²) in [6.45, 7) is 4.40. The summed E-state index contributed by atoms with van der Waals surface area (Å²) in [6, 6.07) is 4.01. The van der Waals surface area contributed by atoms with Crippen LogP contribution in [-0.2, 0) is 6.42 Å². The molecule has 1 unspecified atom stereocenters. The Morgan fingerprint density at radius 2 is 2.00 bits per heavy atom. The highest BCUT2D eigenvalue weighted by atomic mass is 16.3. The Kier molecular flexibility index (Phi) is 4.56. The van der Waals surface area contributed by atoms with Crippen LogP contribution in [0.15, 0.2) is 22.8 Å². The third-order valence-electron chi connectivity index (χ3n) is 3.81. The number of furan rings is 1. The quantitative estimate of drug-likeness (QED) is 0.806. The molecule has 0 saturated carbocycles. The lowest BCUT2D eigenvalue weighted by Gasteiger charge is -2.43. The number of nitrogens with zero attached hydrogens (tertiary/aromatic N) is 1. The lowest BCUT2D eigenvalue weighted by Crippen LogP contribution is -2.57. The molecule has 1 aromatic heterocycles. The Bertz CT molecular complexity index is 289. The van der Waals surface area contributed by atoms with E-state index in [1.54, 1.807) is 6.26 Å². The largest absolute Gasteiger partial charge is 0.469 e. The smallest absolute Gasteiger partial charge is 0.105 e. The van der Waals surface area contributed by atoms with Gasteiger partial charge in [-0.1, -0.05) is 13.8 Å². The molecule has 0 aliphatic rings. The highest BCUT2D eigenvalue weighted by Crippen LogP contribution is 2.26. The van der Waals surface area contributed by atoms with Crippen molar-refractivity contribution in [3.8, 4) is 0 Å². The van der Waals surface area contributed by atoms with Gasteiger partial charge >= 0.3 is 0 Å². The minimum atomic E-state index is 0.0623. The Balaban J connectivity index is 2.78. The standard InChI is InChI=1S/C13H24N2O/c1-5-13(6-2,15(3)4)12(14)10-11-8-7-9-16-11/h7-9,12H,5-6,10,14H2,1-4H3. The molecule has 92 valence electrons. The Labute approximate surface area is 98.6 Å². The van der Waals surface area contributed by atoms with Gasteiger partial charge in [0.05, 0.1) is 6.26 Å². The predicted octanol–water partition coefficient (Wildman–Crippen LogP) is 2.27. The number of rotatable bonds is 6. The highest BCUT2D eigenvalue weighted by molar-refractivity contribution is 5.05. The second kappa shape index (κ2) is 5.51. The molecule has 1 heterocycles. The van der Waals surface area contributed by atoms with Gasteiger partial charge in [-0.05, 0) is 39.1 Å². The minimum Gasteiger partial charge on any atom is -0.469 e. The van der Waals surface area contributed by atoms with E-state index in [9.17, 15) is 0 Å². The van der Waals surface area contributed by atoms with E-state index in [0.29, 0.717) is 0 Å². The SMILES string of the molecule is CCC(CC)(C(N)Cc1ccco1)N(C)C. The average Bonchev–Trinajstić information content (AvgIpc) is 2.72. The molecule has 0 radical (unpaired) electrons. The molecule has 1 aromatic rings. The Hall–Kier alpha value is -0.800. The van der Waals surface area contributed by atoms with E-state index in [1.807, 2.05) is 12.1 Å². The molecule has 0 bridgehead atoms. The van der Waals surface area contributed by atoms with Gasteiger partial charge in [-0.3, -0.25) is 0 Å². The normalized spacial score (nSPS) is 14.4. The molecule has 16 heavy (non-hydrogen) atoms. The van der Waals surface area contributed by atoms with Crippen molar-refractivity contribution >= 4 is 0 Å². The zero-order chi connectivity index (χ0) is 12.2. The molecule has 0 fully saturated rings. The fourth-order valence-electron chi connectivity index (χ4n) is 2.57. The molecule has 1 rings (SSSR count). The Morgan fingerprint density at radius 1 is 1.38 bits per heavy atom. The first-order chi connectivity index (χ1) is 7.56. The summed E-state index contributed by atoms with van der Waals surface area (Å²) in [4.78, 5) is 2.25. The van der Waals surface area contributed by atoms with Gasteiger partial charge in [0.15, 0.2) is 0 Å². The molecule has 0 saturated heterocycles. The molecule has 3 heteroatoms. The van der Waals surface area contributed by atoms with E-state index in [4.69, 9.17) is 10.2 Å². The van der Waals surface area contributed by atoms with Crippen molar-refractivity contribution in [2.45, 2.75) is 44.7 Å². The van der Waals surface area contributed by atoms with Crippen LogP contribution in [0.4, 0.5) is 0 Å². The van der Waals surface area contributed by atoms with Gasteiger partial charge in [-0.2, -0.15) is 0 Å². The molecule has 2 N–H and O–H groups in total. The van der Waals surface area contributed by atoms with Crippen LogP contribution in [-0.4, -0.2) is 30.6 Å². The molecule has 3 nitrogen and oxygen atoms in total. The lowest BCUT2D eigenvalue weighted by atomic mass is 9.81. The van der Waals surface area contributed by atoms with Crippen LogP contribution in [0, 0.1) is 0 Å². The third kappa shape index (κ3) is 2.47. The van der Waals surface area contributed by atoms with Gasteiger partial charge in [0.2, 0.25) is 0 Å². The van der Waals surface area contributed by atoms with E-state index >= 15 is 0 Å². The lowest BCUT2D eigenvalue weighted by molar-refractivity contribution is 0.103. The zero-order valence-electron chi connectivity index (χ0n) is 10.9. The minimum absolute atomic E-state index is 0.0623. The number of hydrogen-bond donors (Lipinski definition) is 1. The van der Waals surface area contributed by atoms with Crippen molar-refractivity contribution in [3.63, 3.8) is 0 Å². The maximum absolute atomic E-state index is 6.36. The summed E-state index contributed by atoms with van der Waals surface area (Å²) in [6.07, 6.45) is 4.61. The maximum atomic E-state index is 6.36. The van der Waals surface area contributed by atoms with Crippen molar-refractivity contribution in [1.29, 1.82) is 0 Å². The first kappa shape index (κ1) is 13.3. The summed E-state index contributed by atoms with van der Waals surface area (Å²) in [5, 5.41) is 0. The summed E-state index contributed by atoms with van der Waals surface area (Å²) in [5.74, 6) is 0.973. The predicted molar refractivity (Wildman–Crippen MR) is 67.4 cm³/mol. The first-order valence-corrected chi connectivity index (χ1v) is 6.02. The van der Waals surface area contributed by atoms with Crippen molar-refractivity contribution < 1.29 is 4.42 Å². The van der Waals surface area contributed by atoms with Gasteiger partial charge in [-0.25, -0.2) is 0 Å². The van der Waals surface area contributed by atoms with Crippen LogP contribution in [0.25, 0.3) is 0 Å². The average molecular weight is 224 g/mol. The highest BCUT2D eigenvalue weighted by Gasteiger charge is 2.35. The second-order valence-electron chi connectivity index (χ2n) is 4.60. The fourth-order valence-corrected chi connectivity index (χ4v) is 2.57. The van der Waals surface area contributed by atoms with Gasteiger partial charge in [-0.15, -0.1) is 0 Å². The molecule has 0 aromatic carbocycles. The molecule has 0 spiro atoms. The van der Waals surface area contributed by atoms with E-state index in [0.717, 1.165) is 25.0 Å². The van der Waals surface area contributed by atoms with Crippen LogP contribution < -0.4 is 5.73 Å². The second-order valence-corrected chi connectivity index (χ2v) is 4.60. The summed E-state index contributed by atoms with van der Waals surface area (Å²) >= 11 is 0. The molecule has 0 amide bonds. The first-order valence-electron chi connectivity index (χ1n) is 6.02. The monoisotopic (exact) mass is 224 g/mol. The van der Waals surface area contributed by atoms with Crippen molar-refractivity contribution in [3.05, 3.63) is 24.2 Å². The Morgan fingerprint density at radius 3 is 2.38 bits per heavy atom. The summed E-state index contributed by atoms with van der Waals surface area (Å²) < 4.78 is 5.37. The van der Waals surface area contributed by atoms with Crippen LogP contribution in [0.1, 0.15) is 32.4 Å². The topological polar surface area (TPSA) is 42.4 Å². The van der Waals surface area contributed by atoms with E-state index in [1.165, 1.54) is 0 Å². The summed E-state index contributed by atoms with van der Waals surface area (Å²) in [7, 11) is 4.21. The molecule has 0 aliphatic heterocycles. The molecular formula is C13H24N2O. The summed E-state index contributed by atoms with van der Waals surface area (Å²) in [5.41, 5.74) is 6.43. The number of likely N-dealkylation sites (N-methyl/N-ethyl adjacent to an activating group) is 1. The molecule has 1 atom stereocenters.